The van der Waals surface area contributed by atoms with Crippen LogP contribution in [0.1, 0.15) is 39.2 Å². The molecule has 17 heavy (non-hydrogen) atoms. The normalized spacial score (nSPS) is 16.5. The molecule has 0 radical (unpaired) electrons. The monoisotopic (exact) mass is 234 g/mol. The number of hydrogen-bond acceptors (Lipinski definition) is 2. The lowest BCUT2D eigenvalue weighted by molar-refractivity contribution is 0.301. The molecule has 0 spiro atoms. The third-order valence-corrected chi connectivity index (χ3v) is 3.47. The predicted octanol–water partition coefficient (Wildman–Crippen LogP) is 2.72. The highest BCUT2D eigenvalue weighted by atomic mass is 15.0. The summed E-state index contributed by atoms with van der Waals surface area (Å²) in [6, 6.07) is 11.1. The van der Waals surface area contributed by atoms with Gasteiger partial charge in [0.15, 0.2) is 0 Å². The van der Waals surface area contributed by atoms with E-state index < -0.39 is 0 Å². The molecule has 96 valence electrons. The van der Waals surface area contributed by atoms with Gasteiger partial charge in [0.2, 0.25) is 0 Å². The Labute approximate surface area is 106 Å². The second-order valence-electron chi connectivity index (χ2n) is 5.20. The summed E-state index contributed by atoms with van der Waals surface area (Å²) in [7, 11) is 0. The number of nitrogens with two attached hydrogens (primary N) is 1. The van der Waals surface area contributed by atoms with Crippen molar-refractivity contribution in [2.75, 3.05) is 6.54 Å². The van der Waals surface area contributed by atoms with Crippen LogP contribution >= 0.6 is 0 Å². The Balaban J connectivity index is 2.51. The average molecular weight is 234 g/mol. The van der Waals surface area contributed by atoms with Gasteiger partial charge in [-0.3, -0.25) is 0 Å². The van der Waals surface area contributed by atoms with Gasteiger partial charge < -0.3 is 11.1 Å². The standard InChI is InChI=1S/C15H26N2/c1-4-13(2)17-15(3,12-16)11-10-14-8-6-5-7-9-14/h5-9,13,17H,4,10-12,16H2,1-3H3. The molecule has 1 aromatic rings. The first-order chi connectivity index (χ1) is 8.09. The van der Waals surface area contributed by atoms with Crippen LogP contribution < -0.4 is 11.1 Å². The van der Waals surface area contributed by atoms with Crippen molar-refractivity contribution in [3.63, 3.8) is 0 Å². The van der Waals surface area contributed by atoms with Crippen LogP contribution in [0.5, 0.6) is 0 Å². The van der Waals surface area contributed by atoms with E-state index in [1.165, 1.54) is 5.56 Å². The van der Waals surface area contributed by atoms with Gasteiger partial charge in [0.25, 0.3) is 0 Å². The van der Waals surface area contributed by atoms with Crippen LogP contribution in [-0.4, -0.2) is 18.1 Å². The lowest BCUT2D eigenvalue weighted by atomic mass is 9.92. The fourth-order valence-electron chi connectivity index (χ4n) is 1.99. The molecule has 1 rings (SSSR count). The van der Waals surface area contributed by atoms with Crippen molar-refractivity contribution in [3.05, 3.63) is 35.9 Å². The zero-order valence-corrected chi connectivity index (χ0v) is 11.4. The first kappa shape index (κ1) is 14.2. The Morgan fingerprint density at radius 3 is 2.47 bits per heavy atom. The molecule has 0 aliphatic carbocycles. The third kappa shape index (κ3) is 4.88. The van der Waals surface area contributed by atoms with Crippen molar-refractivity contribution in [3.8, 4) is 0 Å². The van der Waals surface area contributed by atoms with E-state index in [2.05, 4.69) is 56.4 Å². The molecule has 0 amide bonds. The van der Waals surface area contributed by atoms with Gasteiger partial charge in [0.05, 0.1) is 0 Å². The second kappa shape index (κ2) is 6.77. The average Bonchev–Trinajstić information content (AvgIpc) is 2.37. The van der Waals surface area contributed by atoms with E-state index in [9.17, 15) is 0 Å². The molecule has 0 heterocycles. The fraction of sp³-hybridized carbons (Fsp3) is 0.600. The van der Waals surface area contributed by atoms with Crippen molar-refractivity contribution in [2.45, 2.75) is 51.6 Å². The smallest absolute Gasteiger partial charge is 0.0281 e. The molecule has 1 aromatic carbocycles. The van der Waals surface area contributed by atoms with Gasteiger partial charge in [0.1, 0.15) is 0 Å². The summed E-state index contributed by atoms with van der Waals surface area (Å²) in [5.41, 5.74) is 7.35. The lowest BCUT2D eigenvalue weighted by Gasteiger charge is -2.33. The summed E-state index contributed by atoms with van der Waals surface area (Å²) in [6.45, 7) is 7.33. The summed E-state index contributed by atoms with van der Waals surface area (Å²) in [4.78, 5) is 0. The van der Waals surface area contributed by atoms with Crippen molar-refractivity contribution >= 4 is 0 Å². The van der Waals surface area contributed by atoms with Gasteiger partial charge in [-0.05, 0) is 38.7 Å². The number of hydrogen-bond donors (Lipinski definition) is 2. The van der Waals surface area contributed by atoms with Crippen LogP contribution in [0.25, 0.3) is 0 Å². The lowest BCUT2D eigenvalue weighted by Crippen LogP contribution is -2.52. The minimum absolute atomic E-state index is 0.0469. The molecule has 2 nitrogen and oxygen atoms in total. The first-order valence-electron chi connectivity index (χ1n) is 6.61. The van der Waals surface area contributed by atoms with Gasteiger partial charge in [-0.15, -0.1) is 0 Å². The molecule has 0 bridgehead atoms. The first-order valence-corrected chi connectivity index (χ1v) is 6.61. The van der Waals surface area contributed by atoms with Gasteiger partial charge in [-0.1, -0.05) is 37.3 Å². The summed E-state index contributed by atoms with van der Waals surface area (Å²) in [5, 5.41) is 3.64. The van der Waals surface area contributed by atoms with E-state index in [4.69, 9.17) is 5.73 Å². The topological polar surface area (TPSA) is 38.0 Å². The van der Waals surface area contributed by atoms with Gasteiger partial charge in [0, 0.05) is 18.1 Å². The summed E-state index contributed by atoms with van der Waals surface area (Å²) >= 11 is 0. The van der Waals surface area contributed by atoms with Crippen LogP contribution in [0.3, 0.4) is 0 Å². The molecule has 2 heteroatoms. The maximum absolute atomic E-state index is 5.91. The van der Waals surface area contributed by atoms with Crippen molar-refractivity contribution in [1.29, 1.82) is 0 Å². The minimum atomic E-state index is 0.0469. The highest BCUT2D eigenvalue weighted by Crippen LogP contribution is 2.14. The van der Waals surface area contributed by atoms with E-state index >= 15 is 0 Å². The van der Waals surface area contributed by atoms with Crippen LogP contribution in [0.4, 0.5) is 0 Å². The van der Waals surface area contributed by atoms with E-state index in [-0.39, 0.29) is 5.54 Å². The zero-order valence-electron chi connectivity index (χ0n) is 11.4. The summed E-state index contributed by atoms with van der Waals surface area (Å²) in [6.07, 6.45) is 3.30. The van der Waals surface area contributed by atoms with E-state index in [1.807, 2.05) is 0 Å². The molecule has 0 aliphatic heterocycles. The Morgan fingerprint density at radius 1 is 1.29 bits per heavy atom. The predicted molar refractivity (Wildman–Crippen MR) is 75.1 cm³/mol. The SMILES string of the molecule is CCC(C)NC(C)(CN)CCc1ccccc1. The highest BCUT2D eigenvalue weighted by molar-refractivity contribution is 5.15. The van der Waals surface area contributed by atoms with E-state index in [0.29, 0.717) is 12.6 Å². The van der Waals surface area contributed by atoms with Crippen LogP contribution in [0.2, 0.25) is 0 Å². The molecule has 0 aromatic heterocycles. The van der Waals surface area contributed by atoms with Gasteiger partial charge >= 0.3 is 0 Å². The Bertz CT molecular complexity index is 310. The Hall–Kier alpha value is -0.860. The molecule has 0 fully saturated rings. The largest absolute Gasteiger partial charge is 0.329 e. The molecule has 2 unspecified atom stereocenters. The molecule has 0 saturated heterocycles. The van der Waals surface area contributed by atoms with E-state index in [0.717, 1.165) is 19.3 Å². The van der Waals surface area contributed by atoms with Crippen LogP contribution in [0, 0.1) is 0 Å². The van der Waals surface area contributed by atoms with Crippen LogP contribution in [-0.2, 0) is 6.42 Å². The summed E-state index contributed by atoms with van der Waals surface area (Å²) < 4.78 is 0. The van der Waals surface area contributed by atoms with Gasteiger partial charge in [-0.25, -0.2) is 0 Å². The molecular formula is C15H26N2. The molecule has 0 saturated carbocycles. The van der Waals surface area contributed by atoms with Crippen molar-refractivity contribution in [2.24, 2.45) is 5.73 Å². The van der Waals surface area contributed by atoms with Crippen molar-refractivity contribution < 1.29 is 0 Å². The molecule has 0 aliphatic rings. The molecular weight excluding hydrogens is 208 g/mol. The third-order valence-electron chi connectivity index (χ3n) is 3.47. The van der Waals surface area contributed by atoms with Crippen LogP contribution in [0.15, 0.2) is 30.3 Å². The Morgan fingerprint density at radius 2 is 1.94 bits per heavy atom. The minimum Gasteiger partial charge on any atom is -0.329 e. The van der Waals surface area contributed by atoms with Gasteiger partial charge in [-0.2, -0.15) is 0 Å². The maximum Gasteiger partial charge on any atom is 0.0281 e. The quantitative estimate of drug-likeness (QED) is 0.761. The number of rotatable bonds is 7. The second-order valence-corrected chi connectivity index (χ2v) is 5.20. The fourth-order valence-corrected chi connectivity index (χ4v) is 1.99. The maximum atomic E-state index is 5.91. The van der Waals surface area contributed by atoms with E-state index in [1.54, 1.807) is 0 Å². The number of nitrogens with one attached hydrogen (secondary N) is 1. The highest BCUT2D eigenvalue weighted by Gasteiger charge is 2.23. The number of benzene rings is 1. The zero-order chi connectivity index (χ0) is 12.7. The molecule has 3 N–H and O–H groups in total. The Kier molecular flexibility index (Phi) is 5.66. The summed E-state index contributed by atoms with van der Waals surface area (Å²) in [5.74, 6) is 0. The number of aryl methyl sites for hydroxylation is 1. The van der Waals surface area contributed by atoms with Crippen molar-refractivity contribution in [1.82, 2.24) is 5.32 Å². The molecule has 2 atom stereocenters.